The SMILES string of the molecule is O=C(O)Cc1csc(NC(=O)N2CCC(CNc3ccccc3C(F)(F)F)CC2)n1. The Kier molecular flexibility index (Phi) is 6.80. The van der Waals surface area contributed by atoms with Gasteiger partial charge in [-0.1, -0.05) is 12.1 Å². The molecule has 3 rings (SSSR count). The Morgan fingerprint density at radius 1 is 1.23 bits per heavy atom. The van der Waals surface area contributed by atoms with E-state index in [0.717, 1.165) is 17.4 Å². The van der Waals surface area contributed by atoms with Gasteiger partial charge < -0.3 is 15.3 Å². The number of piperidine rings is 1. The number of halogens is 3. The zero-order valence-electron chi connectivity index (χ0n) is 15.9. The lowest BCUT2D eigenvalue weighted by molar-refractivity contribution is -0.137. The summed E-state index contributed by atoms with van der Waals surface area (Å²) in [6, 6.07) is 5.07. The van der Waals surface area contributed by atoms with Crippen LogP contribution in [0.1, 0.15) is 24.1 Å². The number of aromatic nitrogens is 1. The molecule has 1 fully saturated rings. The number of carbonyl (C=O) groups is 2. The quantitative estimate of drug-likeness (QED) is 0.625. The molecule has 0 aliphatic carbocycles. The maximum absolute atomic E-state index is 13.1. The number of benzene rings is 1. The molecule has 7 nitrogen and oxygen atoms in total. The van der Waals surface area contributed by atoms with Crippen molar-refractivity contribution < 1.29 is 27.9 Å². The van der Waals surface area contributed by atoms with Gasteiger partial charge in [0, 0.05) is 30.7 Å². The predicted molar refractivity (Wildman–Crippen MR) is 107 cm³/mol. The van der Waals surface area contributed by atoms with E-state index in [1.54, 1.807) is 16.3 Å². The fourth-order valence-electron chi connectivity index (χ4n) is 3.25. The zero-order chi connectivity index (χ0) is 21.7. The van der Waals surface area contributed by atoms with Gasteiger partial charge in [-0.2, -0.15) is 13.2 Å². The summed E-state index contributed by atoms with van der Waals surface area (Å²) in [5.74, 6) is -0.843. The molecule has 0 radical (unpaired) electrons. The Hall–Kier alpha value is -2.82. The Bertz CT molecular complexity index is 895. The first-order valence-corrected chi connectivity index (χ1v) is 10.2. The number of para-hydroxylation sites is 1. The minimum absolute atomic E-state index is 0.0612. The van der Waals surface area contributed by atoms with E-state index in [-0.39, 0.29) is 24.1 Å². The van der Waals surface area contributed by atoms with Crippen LogP contribution in [0.3, 0.4) is 0 Å². The average Bonchev–Trinajstić information content (AvgIpc) is 3.12. The van der Waals surface area contributed by atoms with Crippen LogP contribution in [0.2, 0.25) is 0 Å². The number of anilines is 2. The number of thiazole rings is 1. The van der Waals surface area contributed by atoms with Gasteiger partial charge in [-0.25, -0.2) is 9.78 Å². The Morgan fingerprint density at radius 3 is 2.60 bits per heavy atom. The first kappa shape index (κ1) is 21.9. The van der Waals surface area contributed by atoms with E-state index in [4.69, 9.17) is 5.11 Å². The molecule has 0 spiro atoms. The standard InChI is InChI=1S/C19H21F3N4O3S/c20-19(21,22)14-3-1-2-4-15(14)23-10-12-5-7-26(8-6-12)18(29)25-17-24-13(11-30-17)9-16(27)28/h1-4,11-12,23H,5-10H2,(H,27,28)(H,24,25,29). The van der Waals surface area contributed by atoms with Gasteiger partial charge in [0.05, 0.1) is 17.7 Å². The molecule has 0 saturated carbocycles. The van der Waals surface area contributed by atoms with Crippen LogP contribution >= 0.6 is 11.3 Å². The molecule has 11 heteroatoms. The Balaban J connectivity index is 1.46. The molecule has 0 atom stereocenters. The molecule has 0 bridgehead atoms. The van der Waals surface area contributed by atoms with Crippen LogP contribution in [0.4, 0.5) is 28.8 Å². The summed E-state index contributed by atoms with van der Waals surface area (Å²) in [5.41, 5.74) is -0.245. The normalized spacial score (nSPS) is 15.1. The number of carboxylic acid groups (broad SMARTS) is 1. The highest BCUT2D eigenvalue weighted by atomic mass is 32.1. The van der Waals surface area contributed by atoms with Gasteiger partial charge in [-0.3, -0.25) is 10.1 Å². The summed E-state index contributed by atoms with van der Waals surface area (Å²) in [4.78, 5) is 28.8. The number of nitrogens with one attached hydrogen (secondary N) is 2. The second-order valence-corrected chi connectivity index (χ2v) is 7.86. The number of rotatable bonds is 6. The van der Waals surface area contributed by atoms with Gasteiger partial charge in [0.2, 0.25) is 0 Å². The van der Waals surface area contributed by atoms with Crippen molar-refractivity contribution in [1.29, 1.82) is 0 Å². The molecule has 1 saturated heterocycles. The lowest BCUT2D eigenvalue weighted by Crippen LogP contribution is -2.42. The third-order valence-corrected chi connectivity index (χ3v) is 5.62. The average molecular weight is 442 g/mol. The molecule has 1 aromatic heterocycles. The molecule has 0 unspecified atom stereocenters. The number of alkyl halides is 3. The number of urea groups is 1. The third kappa shape index (κ3) is 5.85. The van der Waals surface area contributed by atoms with Crippen LogP contribution in [0.15, 0.2) is 29.6 Å². The van der Waals surface area contributed by atoms with Crippen LogP contribution in [-0.2, 0) is 17.4 Å². The maximum Gasteiger partial charge on any atom is 0.418 e. The highest BCUT2D eigenvalue weighted by molar-refractivity contribution is 7.13. The molecular weight excluding hydrogens is 421 g/mol. The molecule has 2 amide bonds. The van der Waals surface area contributed by atoms with E-state index < -0.39 is 17.7 Å². The van der Waals surface area contributed by atoms with Gasteiger partial charge >= 0.3 is 18.2 Å². The molecule has 2 heterocycles. The van der Waals surface area contributed by atoms with Crippen LogP contribution in [-0.4, -0.2) is 46.6 Å². The van der Waals surface area contributed by atoms with E-state index in [1.807, 2.05) is 0 Å². The summed E-state index contributed by atoms with van der Waals surface area (Å²) < 4.78 is 39.2. The summed E-state index contributed by atoms with van der Waals surface area (Å²) in [6.45, 7) is 1.35. The number of carboxylic acids is 1. The van der Waals surface area contributed by atoms with Gasteiger partial charge in [0.25, 0.3) is 0 Å². The highest BCUT2D eigenvalue weighted by Gasteiger charge is 2.33. The zero-order valence-corrected chi connectivity index (χ0v) is 16.7. The smallest absolute Gasteiger partial charge is 0.418 e. The Morgan fingerprint density at radius 2 is 1.93 bits per heavy atom. The second kappa shape index (κ2) is 9.33. The number of hydrogen-bond acceptors (Lipinski definition) is 5. The largest absolute Gasteiger partial charge is 0.481 e. The minimum Gasteiger partial charge on any atom is -0.481 e. The molecule has 3 N–H and O–H groups in total. The summed E-state index contributed by atoms with van der Waals surface area (Å²) in [6.07, 6.45) is -3.29. The topological polar surface area (TPSA) is 94.6 Å². The van der Waals surface area contributed by atoms with Gasteiger partial charge in [-0.15, -0.1) is 11.3 Å². The minimum atomic E-state index is -4.41. The van der Waals surface area contributed by atoms with E-state index in [0.29, 0.717) is 43.3 Å². The number of likely N-dealkylation sites (tertiary alicyclic amines) is 1. The molecule has 1 aromatic carbocycles. The fourth-order valence-corrected chi connectivity index (χ4v) is 3.95. The van der Waals surface area contributed by atoms with Crippen LogP contribution in [0, 0.1) is 5.92 Å². The Labute approximate surface area is 174 Å². The number of aliphatic carboxylic acids is 1. The molecule has 30 heavy (non-hydrogen) atoms. The van der Waals surface area contributed by atoms with Gasteiger partial charge in [0.1, 0.15) is 0 Å². The molecule has 2 aromatic rings. The van der Waals surface area contributed by atoms with Crippen molar-refractivity contribution in [3.63, 3.8) is 0 Å². The number of hydrogen-bond donors (Lipinski definition) is 3. The van der Waals surface area contributed by atoms with E-state index in [2.05, 4.69) is 15.6 Å². The molecule has 1 aliphatic heterocycles. The van der Waals surface area contributed by atoms with Crippen LogP contribution in [0.5, 0.6) is 0 Å². The number of nitrogens with zero attached hydrogens (tertiary/aromatic N) is 2. The predicted octanol–water partition coefficient (Wildman–Crippen LogP) is 4.15. The van der Waals surface area contributed by atoms with Crippen molar-refractivity contribution in [1.82, 2.24) is 9.88 Å². The van der Waals surface area contributed by atoms with Crippen molar-refractivity contribution in [2.45, 2.75) is 25.4 Å². The fraction of sp³-hybridized carbons (Fsp3) is 0.421. The summed E-state index contributed by atoms with van der Waals surface area (Å²) >= 11 is 1.16. The summed E-state index contributed by atoms with van der Waals surface area (Å²) in [5, 5.41) is 16.2. The van der Waals surface area contributed by atoms with E-state index in [1.165, 1.54) is 12.1 Å². The summed E-state index contributed by atoms with van der Waals surface area (Å²) in [7, 11) is 0. The molecule has 162 valence electrons. The van der Waals surface area contributed by atoms with Crippen molar-refractivity contribution in [2.75, 3.05) is 30.3 Å². The first-order valence-electron chi connectivity index (χ1n) is 9.34. The highest BCUT2D eigenvalue weighted by Crippen LogP contribution is 2.34. The van der Waals surface area contributed by atoms with Crippen molar-refractivity contribution in [2.24, 2.45) is 5.92 Å². The number of amides is 2. The monoisotopic (exact) mass is 442 g/mol. The third-order valence-electron chi connectivity index (χ3n) is 4.81. The van der Waals surface area contributed by atoms with E-state index >= 15 is 0 Å². The lowest BCUT2D eigenvalue weighted by Gasteiger charge is -2.32. The van der Waals surface area contributed by atoms with Crippen molar-refractivity contribution in [3.05, 3.63) is 40.9 Å². The lowest BCUT2D eigenvalue weighted by atomic mass is 9.96. The van der Waals surface area contributed by atoms with Gasteiger partial charge in [0.15, 0.2) is 5.13 Å². The molecular formula is C19H21F3N4O3S. The van der Waals surface area contributed by atoms with Crippen LogP contribution in [0.25, 0.3) is 0 Å². The molecule has 1 aliphatic rings. The maximum atomic E-state index is 13.1. The van der Waals surface area contributed by atoms with Gasteiger partial charge in [-0.05, 0) is 30.9 Å². The van der Waals surface area contributed by atoms with Crippen molar-refractivity contribution in [3.8, 4) is 0 Å². The number of carbonyl (C=O) groups excluding carboxylic acids is 1. The second-order valence-electron chi connectivity index (χ2n) is 7.00. The van der Waals surface area contributed by atoms with Crippen LogP contribution < -0.4 is 10.6 Å². The first-order chi connectivity index (χ1) is 14.2. The van der Waals surface area contributed by atoms with Crippen molar-refractivity contribution >= 4 is 34.2 Å². The van der Waals surface area contributed by atoms with E-state index in [9.17, 15) is 22.8 Å².